The summed E-state index contributed by atoms with van der Waals surface area (Å²) in [6, 6.07) is 6.47. The molecule has 6 nitrogen and oxygen atoms in total. The Balaban J connectivity index is 1.95. The number of benzene rings is 1. The number of anilines is 1. The topological polar surface area (TPSA) is 69.6 Å². The quantitative estimate of drug-likeness (QED) is 0.548. The van der Waals surface area contributed by atoms with Crippen molar-refractivity contribution < 1.29 is 4.79 Å². The molecule has 0 saturated carbocycles. The highest BCUT2D eigenvalue weighted by Crippen LogP contribution is 2.32. The van der Waals surface area contributed by atoms with Crippen LogP contribution >= 0.6 is 11.3 Å². The van der Waals surface area contributed by atoms with Crippen LogP contribution in [-0.4, -0.2) is 43.8 Å². The summed E-state index contributed by atoms with van der Waals surface area (Å²) < 4.78 is 0.751. The van der Waals surface area contributed by atoms with Crippen molar-refractivity contribution in [3.8, 4) is 0 Å². The molecule has 2 N–H and O–H groups in total. The number of aryl methyl sites for hydroxylation is 1. The largest absolute Gasteiger partial charge is 0.350 e. The molecule has 0 unspecified atom stereocenters. The SMILES string of the molecule is C=c1sc(C(=O)NCCCNC)n/c1=C(/N=CC)N1CCc2cc(C)ccc21. The van der Waals surface area contributed by atoms with Crippen LogP contribution < -0.4 is 25.4 Å². The molecule has 0 aliphatic carbocycles. The van der Waals surface area contributed by atoms with E-state index in [1.807, 2.05) is 14.0 Å². The number of amides is 1. The molecule has 148 valence electrons. The average Bonchev–Trinajstić information content (AvgIpc) is 3.26. The molecule has 1 aliphatic rings. The summed E-state index contributed by atoms with van der Waals surface area (Å²) in [5.41, 5.74) is 3.72. The van der Waals surface area contributed by atoms with E-state index < -0.39 is 0 Å². The van der Waals surface area contributed by atoms with Crippen molar-refractivity contribution in [2.45, 2.75) is 26.7 Å². The van der Waals surface area contributed by atoms with Gasteiger partial charge in [-0.1, -0.05) is 24.3 Å². The van der Waals surface area contributed by atoms with Crippen LogP contribution in [0.25, 0.3) is 12.4 Å². The maximum Gasteiger partial charge on any atom is 0.280 e. The molecule has 3 rings (SSSR count). The van der Waals surface area contributed by atoms with Gasteiger partial charge in [0.2, 0.25) is 0 Å². The predicted octanol–water partition coefficient (Wildman–Crippen LogP) is 1.42. The van der Waals surface area contributed by atoms with Crippen molar-refractivity contribution >= 4 is 41.5 Å². The summed E-state index contributed by atoms with van der Waals surface area (Å²) in [6.07, 6.45) is 3.60. The first-order valence-corrected chi connectivity index (χ1v) is 10.4. The second-order valence-electron chi connectivity index (χ2n) is 6.75. The van der Waals surface area contributed by atoms with E-state index in [0.29, 0.717) is 16.9 Å². The van der Waals surface area contributed by atoms with Gasteiger partial charge in [-0.05, 0) is 51.9 Å². The van der Waals surface area contributed by atoms with Gasteiger partial charge in [-0.15, -0.1) is 11.3 Å². The minimum atomic E-state index is -0.158. The summed E-state index contributed by atoms with van der Waals surface area (Å²) in [5.74, 6) is 0.593. The van der Waals surface area contributed by atoms with Gasteiger partial charge in [0.15, 0.2) is 10.8 Å². The molecule has 0 bridgehead atoms. The van der Waals surface area contributed by atoms with E-state index in [9.17, 15) is 4.79 Å². The molecule has 1 amide bonds. The van der Waals surface area contributed by atoms with E-state index in [1.54, 1.807) is 6.21 Å². The fourth-order valence-electron chi connectivity index (χ4n) is 3.30. The number of nitrogens with zero attached hydrogens (tertiary/aromatic N) is 3. The minimum absolute atomic E-state index is 0.158. The lowest BCUT2D eigenvalue weighted by Crippen LogP contribution is -2.32. The highest BCUT2D eigenvalue weighted by molar-refractivity contribution is 7.11. The minimum Gasteiger partial charge on any atom is -0.350 e. The Bertz CT molecular complexity index is 995. The number of hydrogen-bond donors (Lipinski definition) is 2. The standard InChI is InChI=1S/C21H27N5OS/c1-5-23-19(26-12-9-16-13-14(2)7-8-17(16)26)18-15(3)28-21(25-18)20(27)24-11-6-10-22-4/h5,7-8,13,22H,3,6,9-12H2,1-2,4H3,(H,24,27)/b19-18-,23-5?. The van der Waals surface area contributed by atoms with Gasteiger partial charge in [0.05, 0.1) is 4.53 Å². The smallest absolute Gasteiger partial charge is 0.280 e. The maximum atomic E-state index is 12.4. The van der Waals surface area contributed by atoms with Crippen LogP contribution in [0.4, 0.5) is 5.69 Å². The molecule has 0 spiro atoms. The Hall–Kier alpha value is -2.51. The molecule has 1 aromatic carbocycles. The van der Waals surface area contributed by atoms with Gasteiger partial charge in [0.25, 0.3) is 5.91 Å². The summed E-state index contributed by atoms with van der Waals surface area (Å²) in [7, 11) is 1.90. The monoisotopic (exact) mass is 397 g/mol. The summed E-state index contributed by atoms with van der Waals surface area (Å²) in [4.78, 5) is 23.8. The number of aliphatic imine (C=N–C) groups is 1. The van der Waals surface area contributed by atoms with Crippen LogP contribution in [0.5, 0.6) is 0 Å². The zero-order chi connectivity index (χ0) is 20.1. The Morgan fingerprint density at radius 2 is 2.25 bits per heavy atom. The highest BCUT2D eigenvalue weighted by atomic mass is 32.1. The molecule has 1 aromatic heterocycles. The number of nitrogens with one attached hydrogen (secondary N) is 2. The fraction of sp³-hybridized carbons (Fsp3) is 0.381. The van der Waals surface area contributed by atoms with Crippen molar-refractivity contribution in [1.29, 1.82) is 0 Å². The Morgan fingerprint density at radius 1 is 1.43 bits per heavy atom. The number of aromatic nitrogens is 1. The van der Waals surface area contributed by atoms with Crippen molar-refractivity contribution in [3.63, 3.8) is 0 Å². The third-order valence-corrected chi connectivity index (χ3v) is 5.54. The van der Waals surface area contributed by atoms with Crippen molar-refractivity contribution in [3.05, 3.63) is 44.2 Å². The molecule has 2 heterocycles. The zero-order valence-electron chi connectivity index (χ0n) is 16.7. The second-order valence-corrected chi connectivity index (χ2v) is 7.83. The average molecular weight is 398 g/mol. The number of carbonyl (C=O) groups is 1. The van der Waals surface area contributed by atoms with Gasteiger partial charge in [-0.3, -0.25) is 4.79 Å². The van der Waals surface area contributed by atoms with E-state index in [1.165, 1.54) is 22.5 Å². The van der Waals surface area contributed by atoms with E-state index in [4.69, 9.17) is 0 Å². The van der Waals surface area contributed by atoms with E-state index in [0.717, 1.165) is 42.0 Å². The second kappa shape index (κ2) is 9.12. The van der Waals surface area contributed by atoms with Gasteiger partial charge in [0.1, 0.15) is 5.35 Å². The third kappa shape index (κ3) is 4.31. The van der Waals surface area contributed by atoms with Crippen molar-refractivity contribution in [2.24, 2.45) is 4.99 Å². The van der Waals surface area contributed by atoms with Gasteiger partial charge >= 0.3 is 0 Å². The van der Waals surface area contributed by atoms with Crippen LogP contribution in [-0.2, 0) is 6.42 Å². The van der Waals surface area contributed by atoms with Crippen LogP contribution in [0, 0.1) is 6.92 Å². The molecule has 1 aliphatic heterocycles. The number of fused-ring (bicyclic) bond motifs is 1. The molecule has 7 heteroatoms. The van der Waals surface area contributed by atoms with E-state index in [2.05, 4.69) is 57.2 Å². The fourth-order valence-corrected chi connectivity index (χ4v) is 4.07. The van der Waals surface area contributed by atoms with Crippen LogP contribution in [0.2, 0.25) is 0 Å². The van der Waals surface area contributed by atoms with Crippen molar-refractivity contribution in [2.75, 3.05) is 31.6 Å². The molecule has 0 atom stereocenters. The normalized spacial score (nSPS) is 14.5. The Kier molecular flexibility index (Phi) is 6.59. The van der Waals surface area contributed by atoms with Crippen LogP contribution in [0.15, 0.2) is 23.2 Å². The lowest BCUT2D eigenvalue weighted by molar-refractivity contribution is 0.0952. The summed E-state index contributed by atoms with van der Waals surface area (Å²) >= 11 is 1.31. The van der Waals surface area contributed by atoms with Crippen LogP contribution in [0.1, 0.15) is 34.3 Å². The molecule has 28 heavy (non-hydrogen) atoms. The lowest BCUT2D eigenvalue weighted by Gasteiger charge is -2.19. The predicted molar refractivity (Wildman–Crippen MR) is 118 cm³/mol. The third-order valence-electron chi connectivity index (χ3n) is 4.63. The first-order valence-electron chi connectivity index (χ1n) is 9.53. The Morgan fingerprint density at radius 3 is 3.00 bits per heavy atom. The molecule has 2 aromatic rings. The van der Waals surface area contributed by atoms with Gasteiger partial charge < -0.3 is 15.5 Å². The highest BCUT2D eigenvalue weighted by Gasteiger charge is 2.23. The van der Waals surface area contributed by atoms with Crippen molar-refractivity contribution in [1.82, 2.24) is 15.6 Å². The van der Waals surface area contributed by atoms with Gasteiger partial charge in [-0.2, -0.15) is 0 Å². The number of thiazole rings is 1. The lowest BCUT2D eigenvalue weighted by atomic mass is 10.1. The summed E-state index contributed by atoms with van der Waals surface area (Å²) in [5, 5.41) is 7.09. The zero-order valence-corrected chi connectivity index (χ0v) is 17.5. The first kappa shape index (κ1) is 20.2. The van der Waals surface area contributed by atoms with E-state index >= 15 is 0 Å². The molecular weight excluding hydrogens is 370 g/mol. The maximum absolute atomic E-state index is 12.4. The molecule has 0 fully saturated rings. The number of carbonyl (C=O) groups excluding carboxylic acids is 1. The number of hydrogen-bond acceptors (Lipinski definition) is 6. The van der Waals surface area contributed by atoms with Crippen LogP contribution in [0.3, 0.4) is 0 Å². The van der Waals surface area contributed by atoms with Gasteiger partial charge in [0, 0.05) is 25.0 Å². The molecule has 0 radical (unpaired) electrons. The van der Waals surface area contributed by atoms with E-state index in [-0.39, 0.29) is 5.91 Å². The van der Waals surface area contributed by atoms with Gasteiger partial charge in [-0.25, -0.2) is 9.98 Å². The molecule has 0 saturated heterocycles. The molecular formula is C21H27N5OS. The first-order chi connectivity index (χ1) is 13.5. The summed E-state index contributed by atoms with van der Waals surface area (Å²) in [6.45, 7) is 10.4. The Labute approximate surface area is 169 Å². The number of rotatable bonds is 7.